The topological polar surface area (TPSA) is 42.9 Å². The lowest BCUT2D eigenvalue weighted by molar-refractivity contribution is 0.102. The van der Waals surface area contributed by atoms with E-state index in [0.29, 0.717) is 11.4 Å². The van der Waals surface area contributed by atoms with Crippen molar-refractivity contribution in [2.24, 2.45) is 0 Å². The Bertz CT molecular complexity index is 669. The molecule has 5 heteroatoms. The minimum absolute atomic E-state index is 0.163. The maximum atomic E-state index is 13.9. The summed E-state index contributed by atoms with van der Waals surface area (Å²) in [6.45, 7) is 4.71. The van der Waals surface area contributed by atoms with Gasteiger partial charge in [-0.3, -0.25) is 4.79 Å². The first kappa shape index (κ1) is 13.3. The van der Waals surface area contributed by atoms with Crippen molar-refractivity contribution >= 4 is 5.78 Å². The molecular formula is C14H12F2N2O. The molecule has 1 aromatic carbocycles. The summed E-state index contributed by atoms with van der Waals surface area (Å²) < 4.78 is 27.6. The van der Waals surface area contributed by atoms with Crippen LogP contribution in [-0.4, -0.2) is 16.0 Å². The summed E-state index contributed by atoms with van der Waals surface area (Å²) in [5.74, 6) is -2.42. The van der Waals surface area contributed by atoms with Crippen LogP contribution in [0.2, 0.25) is 0 Å². The molecule has 0 saturated heterocycles. The van der Waals surface area contributed by atoms with E-state index in [-0.39, 0.29) is 11.1 Å². The van der Waals surface area contributed by atoms with E-state index in [1.54, 1.807) is 13.8 Å². The van der Waals surface area contributed by atoms with Crippen LogP contribution in [0.3, 0.4) is 0 Å². The van der Waals surface area contributed by atoms with Crippen LogP contribution >= 0.6 is 0 Å². The molecular weight excluding hydrogens is 250 g/mol. The van der Waals surface area contributed by atoms with Crippen LogP contribution < -0.4 is 0 Å². The first-order chi connectivity index (χ1) is 8.91. The van der Waals surface area contributed by atoms with Gasteiger partial charge in [-0.15, -0.1) is 0 Å². The molecule has 0 spiro atoms. The van der Waals surface area contributed by atoms with E-state index in [9.17, 15) is 13.6 Å². The fourth-order valence-electron chi connectivity index (χ4n) is 1.78. The maximum absolute atomic E-state index is 13.9. The first-order valence-electron chi connectivity index (χ1n) is 5.72. The van der Waals surface area contributed by atoms with Gasteiger partial charge in [-0.25, -0.2) is 8.78 Å². The zero-order chi connectivity index (χ0) is 14.2. The molecule has 0 aliphatic heterocycles. The molecule has 0 atom stereocenters. The van der Waals surface area contributed by atoms with Gasteiger partial charge in [0.15, 0.2) is 0 Å². The molecule has 0 fully saturated rings. The molecule has 0 aliphatic carbocycles. The van der Waals surface area contributed by atoms with Gasteiger partial charge in [0.05, 0.1) is 17.0 Å². The van der Waals surface area contributed by atoms with Crippen LogP contribution in [0.25, 0.3) is 0 Å². The van der Waals surface area contributed by atoms with Crippen molar-refractivity contribution in [3.63, 3.8) is 0 Å². The summed E-state index contributed by atoms with van der Waals surface area (Å²) in [5, 5.41) is 7.58. The van der Waals surface area contributed by atoms with E-state index < -0.39 is 23.0 Å². The Labute approximate surface area is 109 Å². The molecule has 0 amide bonds. The molecule has 0 saturated carbocycles. The molecule has 1 aromatic heterocycles. The van der Waals surface area contributed by atoms with Crippen molar-refractivity contribution < 1.29 is 13.6 Å². The summed E-state index contributed by atoms with van der Waals surface area (Å²) in [6.07, 6.45) is 0. The number of ketones is 1. The van der Waals surface area contributed by atoms with Crippen molar-refractivity contribution in [1.29, 1.82) is 0 Å². The third-order valence-corrected chi connectivity index (χ3v) is 2.86. The summed E-state index contributed by atoms with van der Waals surface area (Å²) in [6, 6.07) is 3.86. The van der Waals surface area contributed by atoms with Crippen LogP contribution in [0.4, 0.5) is 8.78 Å². The highest BCUT2D eigenvalue weighted by atomic mass is 19.1. The van der Waals surface area contributed by atoms with Gasteiger partial charge < -0.3 is 0 Å². The quantitative estimate of drug-likeness (QED) is 0.781. The summed E-state index contributed by atoms with van der Waals surface area (Å²) in [7, 11) is 0. The lowest BCUT2D eigenvalue weighted by Gasteiger charge is -2.08. The second-order valence-electron chi connectivity index (χ2n) is 4.37. The number of aryl methyl sites for hydroxylation is 3. The molecule has 19 heavy (non-hydrogen) atoms. The normalized spacial score (nSPS) is 10.6. The van der Waals surface area contributed by atoms with Gasteiger partial charge in [0.25, 0.3) is 0 Å². The monoisotopic (exact) mass is 262 g/mol. The Morgan fingerprint density at radius 3 is 2.47 bits per heavy atom. The van der Waals surface area contributed by atoms with Crippen molar-refractivity contribution in [2.45, 2.75) is 20.8 Å². The molecule has 1 heterocycles. The fourth-order valence-corrected chi connectivity index (χ4v) is 1.78. The van der Waals surface area contributed by atoms with E-state index in [0.717, 1.165) is 6.07 Å². The van der Waals surface area contributed by atoms with Gasteiger partial charge in [0.1, 0.15) is 11.6 Å². The largest absolute Gasteiger partial charge is 0.288 e. The van der Waals surface area contributed by atoms with Gasteiger partial charge in [-0.1, -0.05) is 6.07 Å². The number of carbonyl (C=O) groups excluding carboxylic acids is 1. The lowest BCUT2D eigenvalue weighted by atomic mass is 9.99. The average Bonchev–Trinajstić information content (AvgIpc) is 2.37. The molecule has 98 valence electrons. The third-order valence-electron chi connectivity index (χ3n) is 2.86. The summed E-state index contributed by atoms with van der Waals surface area (Å²) in [4.78, 5) is 12.3. The van der Waals surface area contributed by atoms with Crippen LogP contribution in [0, 0.1) is 32.4 Å². The molecule has 3 nitrogen and oxygen atoms in total. The Kier molecular flexibility index (Phi) is 3.38. The number of rotatable bonds is 2. The highest BCUT2D eigenvalue weighted by Gasteiger charge is 2.22. The van der Waals surface area contributed by atoms with Gasteiger partial charge in [-0.05, 0) is 38.5 Å². The van der Waals surface area contributed by atoms with Gasteiger partial charge in [0, 0.05) is 5.56 Å². The van der Waals surface area contributed by atoms with E-state index in [1.807, 2.05) is 0 Å². The molecule has 0 bridgehead atoms. The predicted molar refractivity (Wildman–Crippen MR) is 66.0 cm³/mol. The SMILES string of the molecule is Cc1cc(C(=O)c2c(F)ccc(C)c2F)c(C)nn1. The zero-order valence-corrected chi connectivity index (χ0v) is 10.8. The predicted octanol–water partition coefficient (Wildman–Crippen LogP) is 2.91. The van der Waals surface area contributed by atoms with Crippen molar-refractivity contribution in [2.75, 3.05) is 0 Å². The number of nitrogens with zero attached hydrogens (tertiary/aromatic N) is 2. The Morgan fingerprint density at radius 1 is 1.11 bits per heavy atom. The molecule has 2 aromatic rings. The minimum Gasteiger partial charge on any atom is -0.288 e. The van der Waals surface area contributed by atoms with E-state index >= 15 is 0 Å². The van der Waals surface area contributed by atoms with Gasteiger partial charge in [-0.2, -0.15) is 10.2 Å². The summed E-state index contributed by atoms with van der Waals surface area (Å²) in [5.41, 5.74) is 0.700. The number of hydrogen-bond acceptors (Lipinski definition) is 3. The first-order valence-corrected chi connectivity index (χ1v) is 5.72. The maximum Gasteiger partial charge on any atom is 0.200 e. The van der Waals surface area contributed by atoms with Crippen LogP contribution in [0.1, 0.15) is 32.9 Å². The number of aromatic nitrogens is 2. The number of halogens is 2. The minimum atomic E-state index is -0.873. The molecule has 0 aliphatic rings. The molecule has 2 rings (SSSR count). The second kappa shape index (κ2) is 4.84. The van der Waals surface area contributed by atoms with Gasteiger partial charge >= 0.3 is 0 Å². The van der Waals surface area contributed by atoms with E-state index in [4.69, 9.17) is 0 Å². The Balaban J connectivity index is 2.63. The van der Waals surface area contributed by atoms with E-state index in [1.165, 1.54) is 19.1 Å². The average molecular weight is 262 g/mol. The second-order valence-corrected chi connectivity index (χ2v) is 4.37. The van der Waals surface area contributed by atoms with Crippen molar-refractivity contribution in [3.8, 4) is 0 Å². The standard InChI is InChI=1S/C14H12F2N2O/c1-7-4-5-11(15)12(13(7)16)14(19)10-6-8(2)17-18-9(10)3/h4-6H,1-3H3. The number of carbonyl (C=O) groups is 1. The smallest absolute Gasteiger partial charge is 0.200 e. The Hall–Kier alpha value is -2.17. The zero-order valence-electron chi connectivity index (χ0n) is 10.8. The Morgan fingerprint density at radius 2 is 1.79 bits per heavy atom. The number of benzene rings is 1. The summed E-state index contributed by atoms with van der Waals surface area (Å²) >= 11 is 0. The van der Waals surface area contributed by atoms with Crippen LogP contribution in [0.5, 0.6) is 0 Å². The fraction of sp³-hybridized carbons (Fsp3) is 0.214. The van der Waals surface area contributed by atoms with Crippen LogP contribution in [0.15, 0.2) is 18.2 Å². The van der Waals surface area contributed by atoms with E-state index in [2.05, 4.69) is 10.2 Å². The van der Waals surface area contributed by atoms with Crippen LogP contribution in [-0.2, 0) is 0 Å². The van der Waals surface area contributed by atoms with Crippen molar-refractivity contribution in [1.82, 2.24) is 10.2 Å². The molecule has 0 radical (unpaired) electrons. The third kappa shape index (κ3) is 2.36. The number of hydrogen-bond donors (Lipinski definition) is 0. The highest BCUT2D eigenvalue weighted by molar-refractivity contribution is 6.10. The molecule has 0 unspecified atom stereocenters. The molecule has 0 N–H and O–H groups in total. The highest BCUT2D eigenvalue weighted by Crippen LogP contribution is 2.21. The van der Waals surface area contributed by atoms with Gasteiger partial charge in [0.2, 0.25) is 5.78 Å². The lowest BCUT2D eigenvalue weighted by Crippen LogP contribution is -2.12. The van der Waals surface area contributed by atoms with Crippen molar-refractivity contribution in [3.05, 3.63) is 57.9 Å².